The van der Waals surface area contributed by atoms with Crippen LogP contribution in [0.3, 0.4) is 0 Å². The predicted octanol–water partition coefficient (Wildman–Crippen LogP) is 1.35. The van der Waals surface area contributed by atoms with E-state index in [0.29, 0.717) is 24.3 Å². The van der Waals surface area contributed by atoms with Crippen molar-refractivity contribution in [1.82, 2.24) is 0 Å². The van der Waals surface area contributed by atoms with Crippen LogP contribution in [0.15, 0.2) is 12.7 Å². The monoisotopic (exact) mass is 238 g/mol. The van der Waals surface area contributed by atoms with E-state index in [2.05, 4.69) is 6.58 Å². The lowest BCUT2D eigenvalue weighted by atomic mass is 10.6. The Kier molecular flexibility index (Phi) is 6.97. The second-order valence-electron chi connectivity index (χ2n) is 2.76. The van der Waals surface area contributed by atoms with Crippen LogP contribution in [0.25, 0.3) is 0 Å². The molecular weight excluding hydrogens is 223 g/mol. The lowest BCUT2D eigenvalue weighted by Gasteiger charge is -2.04. The number of hydrogen-bond acceptors (Lipinski definition) is 4. The molecule has 1 atom stereocenters. The highest BCUT2D eigenvalue weighted by atomic mass is 32.2. The average molecular weight is 238 g/mol. The molecule has 0 aromatic rings. The largest absolute Gasteiger partial charge is 0.462 e. The summed E-state index contributed by atoms with van der Waals surface area (Å²) in [4.78, 5) is 19.5. The van der Waals surface area contributed by atoms with E-state index in [4.69, 9.17) is 9.63 Å². The summed E-state index contributed by atoms with van der Waals surface area (Å²) in [5.41, 5.74) is 0. The van der Waals surface area contributed by atoms with E-state index in [1.54, 1.807) is 0 Å². The zero-order chi connectivity index (χ0) is 11.0. The zero-order valence-electron chi connectivity index (χ0n) is 8.14. The van der Waals surface area contributed by atoms with E-state index in [-0.39, 0.29) is 0 Å². The Morgan fingerprint density at radius 3 is 2.79 bits per heavy atom. The highest BCUT2D eigenvalue weighted by Crippen LogP contribution is 2.35. The Balaban J connectivity index is 3.27. The van der Waals surface area contributed by atoms with Gasteiger partial charge in [0.2, 0.25) is 0 Å². The molecule has 0 aliphatic heterocycles. The lowest BCUT2D eigenvalue weighted by molar-refractivity contribution is -0.137. The first-order valence-electron chi connectivity index (χ1n) is 4.12. The van der Waals surface area contributed by atoms with Gasteiger partial charge in [-0.3, -0.25) is 4.57 Å². The minimum Gasteiger partial charge on any atom is -0.462 e. The Hall–Kier alpha value is -0.250. The van der Waals surface area contributed by atoms with Crippen molar-refractivity contribution in [3.63, 3.8) is 0 Å². The third-order valence-corrected chi connectivity index (χ3v) is 3.59. The molecule has 0 saturated heterocycles. The Labute approximate surface area is 88.2 Å². The maximum atomic E-state index is 10.8. The van der Waals surface area contributed by atoms with E-state index in [0.717, 1.165) is 6.08 Å². The van der Waals surface area contributed by atoms with E-state index in [1.165, 1.54) is 18.4 Å². The van der Waals surface area contributed by atoms with Gasteiger partial charge in [-0.1, -0.05) is 6.58 Å². The van der Waals surface area contributed by atoms with Crippen molar-refractivity contribution in [1.29, 1.82) is 0 Å². The number of thioether (sulfide) groups is 1. The summed E-state index contributed by atoms with van der Waals surface area (Å²) < 4.78 is 15.6. The number of ether oxygens (including phenoxy) is 1. The maximum absolute atomic E-state index is 10.8. The molecule has 82 valence electrons. The van der Waals surface area contributed by atoms with Crippen LogP contribution in [0.2, 0.25) is 0 Å². The van der Waals surface area contributed by atoms with Crippen molar-refractivity contribution in [3.05, 3.63) is 12.7 Å². The molecular formula is C8H15O4PS. The number of carbonyl (C=O) groups is 1. The van der Waals surface area contributed by atoms with Crippen molar-refractivity contribution in [3.8, 4) is 0 Å². The smallest absolute Gasteiger partial charge is 0.330 e. The molecule has 0 aliphatic carbocycles. The van der Waals surface area contributed by atoms with Gasteiger partial charge in [-0.25, -0.2) is 4.79 Å². The van der Waals surface area contributed by atoms with E-state index < -0.39 is 13.3 Å². The normalized spacial score (nSPS) is 14.4. The van der Waals surface area contributed by atoms with Crippen molar-refractivity contribution in [2.75, 3.05) is 30.9 Å². The Morgan fingerprint density at radius 1 is 1.64 bits per heavy atom. The molecule has 0 heterocycles. The zero-order valence-corrected chi connectivity index (χ0v) is 9.85. The lowest BCUT2D eigenvalue weighted by Crippen LogP contribution is -2.04. The van der Waals surface area contributed by atoms with Gasteiger partial charge in [0.1, 0.15) is 6.61 Å². The Morgan fingerprint density at radius 2 is 2.29 bits per heavy atom. The standard InChI is InChI=1S/C8H15O4PS/c1-3-8(9)12-4-6-14-7-5-13(2,10)11/h3H,1,4-7H2,2H3,(H,10,11). The van der Waals surface area contributed by atoms with Gasteiger partial charge in [0.05, 0.1) is 0 Å². The summed E-state index contributed by atoms with van der Waals surface area (Å²) in [6.07, 6.45) is 1.41. The molecule has 0 radical (unpaired) electrons. The number of esters is 1. The molecule has 0 rings (SSSR count). The fourth-order valence-corrected chi connectivity index (χ4v) is 2.87. The quantitative estimate of drug-likeness (QED) is 0.314. The first-order valence-corrected chi connectivity index (χ1v) is 7.56. The van der Waals surface area contributed by atoms with Crippen molar-refractivity contribution >= 4 is 25.1 Å². The van der Waals surface area contributed by atoms with Gasteiger partial charge in [0.25, 0.3) is 0 Å². The van der Waals surface area contributed by atoms with Crippen LogP contribution in [-0.4, -0.2) is 41.8 Å². The second-order valence-corrected chi connectivity index (χ2v) is 6.53. The van der Waals surface area contributed by atoms with Gasteiger partial charge in [-0.2, -0.15) is 11.8 Å². The van der Waals surface area contributed by atoms with Gasteiger partial charge >= 0.3 is 5.97 Å². The molecule has 6 heteroatoms. The van der Waals surface area contributed by atoms with Crippen LogP contribution in [0, 0.1) is 0 Å². The minimum atomic E-state index is -2.88. The molecule has 0 aromatic carbocycles. The maximum Gasteiger partial charge on any atom is 0.330 e. The highest BCUT2D eigenvalue weighted by Gasteiger charge is 2.08. The average Bonchev–Trinajstić information content (AvgIpc) is 2.08. The van der Waals surface area contributed by atoms with Gasteiger partial charge in [0, 0.05) is 30.4 Å². The van der Waals surface area contributed by atoms with E-state index in [9.17, 15) is 9.36 Å². The topological polar surface area (TPSA) is 63.6 Å². The third-order valence-electron chi connectivity index (χ3n) is 1.29. The van der Waals surface area contributed by atoms with Gasteiger partial charge < -0.3 is 9.63 Å². The number of hydrogen-bond donors (Lipinski definition) is 1. The first kappa shape index (κ1) is 13.8. The molecule has 0 bridgehead atoms. The van der Waals surface area contributed by atoms with Crippen LogP contribution >= 0.6 is 19.1 Å². The fraction of sp³-hybridized carbons (Fsp3) is 0.625. The van der Waals surface area contributed by atoms with Gasteiger partial charge in [-0.05, 0) is 0 Å². The molecule has 0 fully saturated rings. The van der Waals surface area contributed by atoms with E-state index >= 15 is 0 Å². The summed E-state index contributed by atoms with van der Waals surface area (Å²) >= 11 is 1.49. The molecule has 14 heavy (non-hydrogen) atoms. The molecule has 0 aliphatic rings. The molecule has 0 saturated carbocycles. The van der Waals surface area contributed by atoms with Crippen LogP contribution in [0.1, 0.15) is 0 Å². The SMILES string of the molecule is C=CC(=O)OCCSCCP(C)(=O)O. The molecule has 1 unspecified atom stereocenters. The van der Waals surface area contributed by atoms with Crippen molar-refractivity contribution in [2.45, 2.75) is 0 Å². The second kappa shape index (κ2) is 7.10. The third kappa shape index (κ3) is 9.84. The molecule has 0 amide bonds. The van der Waals surface area contributed by atoms with Crippen LogP contribution in [-0.2, 0) is 14.1 Å². The van der Waals surface area contributed by atoms with E-state index in [1.807, 2.05) is 0 Å². The molecule has 4 nitrogen and oxygen atoms in total. The highest BCUT2D eigenvalue weighted by molar-refractivity contribution is 7.99. The van der Waals surface area contributed by atoms with Crippen molar-refractivity contribution < 1.29 is 19.0 Å². The van der Waals surface area contributed by atoms with Crippen LogP contribution in [0.4, 0.5) is 0 Å². The summed E-state index contributed by atoms with van der Waals surface area (Å²) in [5.74, 6) is 0.809. The van der Waals surface area contributed by atoms with Gasteiger partial charge in [-0.15, -0.1) is 0 Å². The van der Waals surface area contributed by atoms with Gasteiger partial charge in [0.15, 0.2) is 7.37 Å². The molecule has 0 aromatic heterocycles. The summed E-state index contributed by atoms with van der Waals surface area (Å²) in [5, 5.41) is 0. The molecule has 0 spiro atoms. The first-order chi connectivity index (χ1) is 6.45. The summed E-state index contributed by atoms with van der Waals surface area (Å²) in [6, 6.07) is 0. The molecule has 1 N–H and O–H groups in total. The minimum absolute atomic E-state index is 0.299. The van der Waals surface area contributed by atoms with Crippen molar-refractivity contribution in [2.24, 2.45) is 0 Å². The Bertz CT molecular complexity index is 235. The summed E-state index contributed by atoms with van der Waals surface area (Å²) in [6.45, 7) is 4.91. The van der Waals surface area contributed by atoms with Crippen LogP contribution < -0.4 is 0 Å². The predicted molar refractivity (Wildman–Crippen MR) is 59.1 cm³/mol. The van der Waals surface area contributed by atoms with Crippen LogP contribution in [0.5, 0.6) is 0 Å². The fourth-order valence-electron chi connectivity index (χ4n) is 0.596. The summed E-state index contributed by atoms with van der Waals surface area (Å²) in [7, 11) is -2.88. The number of rotatable bonds is 7. The number of carbonyl (C=O) groups excluding carboxylic acids is 1.